The van der Waals surface area contributed by atoms with Crippen LogP contribution in [0.1, 0.15) is 27.6 Å². The maximum atomic E-state index is 12.4. The summed E-state index contributed by atoms with van der Waals surface area (Å²) in [7, 11) is -2.75. The molecule has 1 N–H and O–H groups in total. The molecule has 0 fully saturated rings. The third-order valence-electron chi connectivity index (χ3n) is 3.20. The predicted molar refractivity (Wildman–Crippen MR) is 90.0 cm³/mol. The van der Waals surface area contributed by atoms with Gasteiger partial charge in [0, 0.05) is 11.3 Å². The summed E-state index contributed by atoms with van der Waals surface area (Å²) in [5.41, 5.74) is 0.709. The molecule has 0 bridgehead atoms. The van der Waals surface area contributed by atoms with Gasteiger partial charge in [0.1, 0.15) is 0 Å². The van der Waals surface area contributed by atoms with Crippen LogP contribution in [0.2, 0.25) is 5.02 Å². The number of halogens is 1. The lowest BCUT2D eigenvalue weighted by Crippen LogP contribution is -2.14. The molecule has 2 rings (SSSR count). The van der Waals surface area contributed by atoms with Crippen LogP contribution in [0.25, 0.3) is 0 Å². The van der Waals surface area contributed by atoms with E-state index in [1.165, 1.54) is 50.4 Å². The lowest BCUT2D eigenvalue weighted by Gasteiger charge is -2.10. The van der Waals surface area contributed by atoms with Gasteiger partial charge in [0.25, 0.3) is 10.0 Å². The fraction of sp³-hybridized carbons (Fsp3) is 0.125. The molecule has 0 heterocycles. The highest BCUT2D eigenvalue weighted by Gasteiger charge is 2.19. The molecule has 0 aliphatic carbocycles. The average molecular weight is 368 g/mol. The molecule has 126 valence electrons. The second-order valence-electron chi connectivity index (χ2n) is 4.87. The van der Waals surface area contributed by atoms with Crippen molar-refractivity contribution >= 4 is 39.1 Å². The van der Waals surface area contributed by atoms with Crippen molar-refractivity contribution < 1.29 is 22.7 Å². The molecule has 6 nitrogen and oxygen atoms in total. The fourth-order valence-corrected chi connectivity index (χ4v) is 3.20. The summed E-state index contributed by atoms with van der Waals surface area (Å²) >= 11 is 5.88. The number of ketones is 1. The number of Topliss-reactive ketones (excluding diaryl/α,β-unsaturated/α-hetero) is 1. The summed E-state index contributed by atoms with van der Waals surface area (Å²) in [5, 5.41) is 0.0895. The van der Waals surface area contributed by atoms with E-state index in [0.29, 0.717) is 5.56 Å². The van der Waals surface area contributed by atoms with Crippen molar-refractivity contribution in [3.8, 4) is 0 Å². The monoisotopic (exact) mass is 367 g/mol. The third-order valence-corrected chi connectivity index (χ3v) is 4.91. The molecule has 0 radical (unpaired) electrons. The molecule has 0 saturated carbocycles. The molecule has 2 aromatic rings. The number of anilines is 1. The van der Waals surface area contributed by atoms with E-state index in [1.54, 1.807) is 0 Å². The molecule has 0 atom stereocenters. The van der Waals surface area contributed by atoms with E-state index in [1.807, 2.05) is 0 Å². The van der Waals surface area contributed by atoms with Gasteiger partial charge in [-0.15, -0.1) is 0 Å². The molecule has 0 aliphatic rings. The molecule has 0 saturated heterocycles. The zero-order chi connectivity index (χ0) is 17.9. The highest BCUT2D eigenvalue weighted by Crippen LogP contribution is 2.23. The quantitative estimate of drug-likeness (QED) is 0.647. The summed E-state index contributed by atoms with van der Waals surface area (Å²) in [6.07, 6.45) is 0. The number of esters is 1. The Morgan fingerprint density at radius 1 is 1.08 bits per heavy atom. The summed E-state index contributed by atoms with van der Waals surface area (Å²) in [6.45, 7) is 1.42. The van der Waals surface area contributed by atoms with Gasteiger partial charge < -0.3 is 4.74 Å². The number of hydrogen-bond acceptors (Lipinski definition) is 5. The van der Waals surface area contributed by atoms with E-state index < -0.39 is 16.0 Å². The molecule has 0 unspecified atom stereocenters. The van der Waals surface area contributed by atoms with Gasteiger partial charge in [-0.2, -0.15) is 0 Å². The first-order chi connectivity index (χ1) is 11.2. The molecule has 8 heteroatoms. The maximum Gasteiger partial charge on any atom is 0.339 e. The summed E-state index contributed by atoms with van der Waals surface area (Å²) in [6, 6.07) is 9.71. The Balaban J connectivity index is 2.33. The molecule has 0 amide bonds. The van der Waals surface area contributed by atoms with E-state index in [9.17, 15) is 18.0 Å². The standard InChI is InChI=1S/C16H14ClNO5S/c1-10(19)11-3-5-12(6-4-11)18-24(21,22)13-7-8-15(17)14(9-13)16(20)23-2/h3-9,18H,1-2H3. The summed E-state index contributed by atoms with van der Waals surface area (Å²) in [4.78, 5) is 22.7. The van der Waals surface area contributed by atoms with Crippen LogP contribution < -0.4 is 4.72 Å². The second kappa shape index (κ2) is 7.02. The molecule has 2 aromatic carbocycles. The van der Waals surface area contributed by atoms with Gasteiger partial charge >= 0.3 is 5.97 Å². The minimum atomic E-state index is -3.93. The van der Waals surface area contributed by atoms with Gasteiger partial charge in [0.15, 0.2) is 5.78 Å². The number of carbonyl (C=O) groups excluding carboxylic acids is 2. The van der Waals surface area contributed by atoms with Crippen molar-refractivity contribution in [3.63, 3.8) is 0 Å². The first kappa shape index (κ1) is 18.0. The van der Waals surface area contributed by atoms with Gasteiger partial charge in [-0.05, 0) is 49.4 Å². The Labute approximate surface area is 144 Å². The molecule has 0 aromatic heterocycles. The fourth-order valence-electron chi connectivity index (χ4n) is 1.92. The summed E-state index contributed by atoms with van der Waals surface area (Å²) in [5.74, 6) is -0.854. The van der Waals surface area contributed by atoms with Crippen LogP contribution in [0, 0.1) is 0 Å². The lowest BCUT2D eigenvalue weighted by atomic mass is 10.1. The topological polar surface area (TPSA) is 89.5 Å². The molecule has 0 spiro atoms. The molecule has 24 heavy (non-hydrogen) atoms. The van der Waals surface area contributed by atoms with Crippen LogP contribution in [0.15, 0.2) is 47.4 Å². The lowest BCUT2D eigenvalue weighted by molar-refractivity contribution is 0.0600. The van der Waals surface area contributed by atoms with Gasteiger partial charge in [-0.1, -0.05) is 11.6 Å². The smallest absolute Gasteiger partial charge is 0.339 e. The highest BCUT2D eigenvalue weighted by molar-refractivity contribution is 7.92. The zero-order valence-corrected chi connectivity index (χ0v) is 14.4. The first-order valence-corrected chi connectivity index (χ1v) is 8.62. The van der Waals surface area contributed by atoms with Crippen molar-refractivity contribution in [2.75, 3.05) is 11.8 Å². The number of nitrogens with one attached hydrogen (secondary N) is 1. The number of hydrogen-bond donors (Lipinski definition) is 1. The number of rotatable bonds is 5. The Morgan fingerprint density at radius 3 is 2.25 bits per heavy atom. The van der Waals surface area contributed by atoms with Crippen LogP contribution in [-0.4, -0.2) is 27.3 Å². The van der Waals surface area contributed by atoms with E-state index in [0.717, 1.165) is 6.07 Å². The first-order valence-electron chi connectivity index (χ1n) is 6.76. The van der Waals surface area contributed by atoms with Crippen LogP contribution in [0.3, 0.4) is 0 Å². The molecular weight excluding hydrogens is 354 g/mol. The minimum absolute atomic E-state index is 0.0473. The van der Waals surface area contributed by atoms with Crippen molar-refractivity contribution in [3.05, 3.63) is 58.6 Å². The van der Waals surface area contributed by atoms with E-state index in [-0.39, 0.29) is 27.0 Å². The zero-order valence-electron chi connectivity index (χ0n) is 12.9. The van der Waals surface area contributed by atoms with Gasteiger partial charge in [0.2, 0.25) is 0 Å². The highest BCUT2D eigenvalue weighted by atomic mass is 35.5. The summed E-state index contributed by atoms with van der Waals surface area (Å²) < 4.78 is 31.8. The van der Waals surface area contributed by atoms with E-state index in [2.05, 4.69) is 9.46 Å². The van der Waals surface area contributed by atoms with Gasteiger partial charge in [0.05, 0.1) is 22.6 Å². The van der Waals surface area contributed by atoms with Gasteiger partial charge in [-0.25, -0.2) is 13.2 Å². The molecular formula is C16H14ClNO5S. The van der Waals surface area contributed by atoms with Crippen molar-refractivity contribution in [1.82, 2.24) is 0 Å². The average Bonchev–Trinajstić information content (AvgIpc) is 2.54. The third kappa shape index (κ3) is 3.93. The Hall–Kier alpha value is -2.38. The molecule has 0 aliphatic heterocycles. The Kier molecular flexibility index (Phi) is 5.26. The van der Waals surface area contributed by atoms with Crippen molar-refractivity contribution in [2.24, 2.45) is 0 Å². The van der Waals surface area contributed by atoms with E-state index >= 15 is 0 Å². The number of sulfonamides is 1. The van der Waals surface area contributed by atoms with Crippen LogP contribution in [0.4, 0.5) is 5.69 Å². The maximum absolute atomic E-state index is 12.4. The normalized spacial score (nSPS) is 11.0. The van der Waals surface area contributed by atoms with Crippen LogP contribution >= 0.6 is 11.6 Å². The number of methoxy groups -OCH3 is 1. The van der Waals surface area contributed by atoms with E-state index in [4.69, 9.17) is 11.6 Å². The van der Waals surface area contributed by atoms with Crippen LogP contribution in [-0.2, 0) is 14.8 Å². The Morgan fingerprint density at radius 2 is 1.71 bits per heavy atom. The largest absolute Gasteiger partial charge is 0.465 e. The SMILES string of the molecule is COC(=O)c1cc(S(=O)(=O)Nc2ccc(C(C)=O)cc2)ccc1Cl. The van der Waals surface area contributed by atoms with Gasteiger partial charge in [-0.3, -0.25) is 9.52 Å². The number of carbonyl (C=O) groups is 2. The number of benzene rings is 2. The Bertz CT molecular complexity index is 891. The predicted octanol–water partition coefficient (Wildman–Crippen LogP) is 3.13. The van der Waals surface area contributed by atoms with Crippen LogP contribution in [0.5, 0.6) is 0 Å². The number of ether oxygens (including phenoxy) is 1. The second-order valence-corrected chi connectivity index (χ2v) is 6.96. The minimum Gasteiger partial charge on any atom is -0.465 e. The van der Waals surface area contributed by atoms with Crippen molar-refractivity contribution in [1.29, 1.82) is 0 Å². The van der Waals surface area contributed by atoms with Crippen molar-refractivity contribution in [2.45, 2.75) is 11.8 Å².